The molecule has 9 aromatic carbocycles. The van der Waals surface area contributed by atoms with E-state index in [-0.39, 0.29) is 24.4 Å². The van der Waals surface area contributed by atoms with Gasteiger partial charge in [0.2, 0.25) is 0 Å². The third-order valence-electron chi connectivity index (χ3n) is 12.1. The summed E-state index contributed by atoms with van der Waals surface area (Å²) in [5.74, 6) is 0. The SMILES string of the molecule is c1ccc(-c2cccc3c(C4Nc5ccccc5C(c5cccc(C6Nc7ccccc7C(c7cccc8c(-c9ccccc9)cccc78)N6)c5)N4)cccc23)cc1. The molecule has 58 heavy (non-hydrogen) atoms. The molecule has 0 aromatic heterocycles. The van der Waals surface area contributed by atoms with Gasteiger partial charge in [-0.05, 0) is 89.3 Å². The molecule has 0 spiro atoms. The quantitative estimate of drug-likeness (QED) is 0.137. The molecular weight excluding hydrogens is 705 g/mol. The van der Waals surface area contributed by atoms with Crippen molar-refractivity contribution >= 4 is 32.9 Å². The van der Waals surface area contributed by atoms with Crippen LogP contribution in [0.1, 0.15) is 57.8 Å². The zero-order valence-electron chi connectivity index (χ0n) is 31.9. The van der Waals surface area contributed by atoms with Crippen LogP contribution in [0.2, 0.25) is 0 Å². The van der Waals surface area contributed by atoms with Crippen molar-refractivity contribution < 1.29 is 0 Å². The zero-order valence-corrected chi connectivity index (χ0v) is 31.9. The summed E-state index contributed by atoms with van der Waals surface area (Å²) in [6.07, 6.45) is -0.220. The Morgan fingerprint density at radius 3 is 1.40 bits per heavy atom. The number of benzene rings is 9. The maximum absolute atomic E-state index is 4.07. The van der Waals surface area contributed by atoms with Crippen LogP contribution in [0, 0.1) is 0 Å². The minimum Gasteiger partial charge on any atom is -0.366 e. The highest BCUT2D eigenvalue weighted by molar-refractivity contribution is 6.00. The van der Waals surface area contributed by atoms with Crippen molar-refractivity contribution in [2.45, 2.75) is 24.4 Å². The van der Waals surface area contributed by atoms with Gasteiger partial charge in [0.1, 0.15) is 12.3 Å². The van der Waals surface area contributed by atoms with Gasteiger partial charge >= 0.3 is 0 Å². The van der Waals surface area contributed by atoms with Crippen molar-refractivity contribution in [3.63, 3.8) is 0 Å². The van der Waals surface area contributed by atoms with E-state index in [1.54, 1.807) is 0 Å². The Balaban J connectivity index is 0.963. The Hall–Kier alpha value is -6.98. The number of anilines is 2. The van der Waals surface area contributed by atoms with Gasteiger partial charge in [-0.25, -0.2) is 0 Å². The van der Waals surface area contributed by atoms with Gasteiger partial charge < -0.3 is 10.6 Å². The third-order valence-corrected chi connectivity index (χ3v) is 12.1. The number of nitrogens with one attached hydrogen (secondary N) is 4. The molecule has 4 heteroatoms. The van der Waals surface area contributed by atoms with Crippen molar-refractivity contribution in [1.29, 1.82) is 0 Å². The first kappa shape index (κ1) is 34.3. The van der Waals surface area contributed by atoms with Crippen LogP contribution >= 0.6 is 0 Å². The molecule has 9 aromatic rings. The van der Waals surface area contributed by atoms with Crippen molar-refractivity contribution in [2.24, 2.45) is 0 Å². The highest BCUT2D eigenvalue weighted by Gasteiger charge is 2.32. The molecule has 11 rings (SSSR count). The summed E-state index contributed by atoms with van der Waals surface area (Å²) < 4.78 is 0. The molecule has 0 saturated carbocycles. The number of fused-ring (bicyclic) bond motifs is 4. The van der Waals surface area contributed by atoms with Crippen LogP contribution in [0.15, 0.2) is 206 Å². The highest BCUT2D eigenvalue weighted by atomic mass is 15.2. The van der Waals surface area contributed by atoms with Crippen molar-refractivity contribution in [3.8, 4) is 22.3 Å². The van der Waals surface area contributed by atoms with Crippen LogP contribution in [0.25, 0.3) is 43.8 Å². The highest BCUT2D eigenvalue weighted by Crippen LogP contribution is 2.43. The molecule has 2 aliphatic rings. The standard InChI is InChI=1S/C54H42N4/c1-3-16-35(17-4-1)39-24-12-28-43-41(39)26-14-30-45(43)52-48-23-8-10-33-50(48)55-53(58-52)38-21-11-20-37(34-38)51-47-22-7-9-32-49(47)56-54(57-51)46-31-15-27-42-40(25-13-29-44(42)46)36-18-5-2-6-19-36/h1-34,51-58H. The van der Waals surface area contributed by atoms with Crippen molar-refractivity contribution in [3.05, 3.63) is 240 Å². The predicted octanol–water partition coefficient (Wildman–Crippen LogP) is 12.9. The van der Waals surface area contributed by atoms with E-state index in [1.165, 1.54) is 77.2 Å². The maximum Gasteiger partial charge on any atom is 0.105 e. The Kier molecular flexibility index (Phi) is 8.58. The van der Waals surface area contributed by atoms with E-state index in [2.05, 4.69) is 228 Å². The molecular formula is C54H42N4. The Morgan fingerprint density at radius 2 is 0.741 bits per heavy atom. The average Bonchev–Trinajstić information content (AvgIpc) is 3.30. The normalized spacial score (nSPS) is 18.5. The molecule has 4 nitrogen and oxygen atoms in total. The van der Waals surface area contributed by atoms with Crippen LogP contribution < -0.4 is 21.3 Å². The molecule has 4 unspecified atom stereocenters. The summed E-state index contributed by atoms with van der Waals surface area (Å²) in [6.45, 7) is 0. The maximum atomic E-state index is 4.07. The molecule has 4 atom stereocenters. The van der Waals surface area contributed by atoms with Crippen molar-refractivity contribution in [1.82, 2.24) is 10.6 Å². The second-order valence-electron chi connectivity index (χ2n) is 15.4. The van der Waals surface area contributed by atoms with Gasteiger partial charge in [-0.15, -0.1) is 0 Å². The van der Waals surface area contributed by atoms with Crippen LogP contribution in [-0.2, 0) is 0 Å². The van der Waals surface area contributed by atoms with Crippen LogP contribution in [0.3, 0.4) is 0 Å². The number of rotatable bonds is 6. The molecule has 0 aliphatic carbocycles. The fourth-order valence-electron chi connectivity index (χ4n) is 9.38. The first-order valence-electron chi connectivity index (χ1n) is 20.2. The summed E-state index contributed by atoms with van der Waals surface area (Å²) in [5.41, 5.74) is 14.6. The molecule has 2 aliphatic heterocycles. The Bertz CT molecular complexity index is 2940. The lowest BCUT2D eigenvalue weighted by molar-refractivity contribution is 0.499. The molecule has 0 radical (unpaired) electrons. The zero-order chi connectivity index (χ0) is 38.4. The largest absolute Gasteiger partial charge is 0.366 e. The summed E-state index contributed by atoms with van der Waals surface area (Å²) >= 11 is 0. The topological polar surface area (TPSA) is 48.1 Å². The first-order chi connectivity index (χ1) is 28.8. The first-order valence-corrected chi connectivity index (χ1v) is 20.2. The monoisotopic (exact) mass is 746 g/mol. The smallest absolute Gasteiger partial charge is 0.105 e. The van der Waals surface area contributed by atoms with E-state index in [4.69, 9.17) is 0 Å². The molecule has 0 saturated heterocycles. The second-order valence-corrected chi connectivity index (χ2v) is 15.4. The van der Waals surface area contributed by atoms with Gasteiger partial charge in [0.15, 0.2) is 0 Å². The summed E-state index contributed by atoms with van der Waals surface area (Å²) in [6, 6.07) is 74.7. The fourth-order valence-corrected chi connectivity index (χ4v) is 9.38. The van der Waals surface area contributed by atoms with Gasteiger partial charge in [-0.1, -0.05) is 194 Å². The number of hydrogen-bond donors (Lipinski definition) is 4. The minimum atomic E-state index is -0.116. The Morgan fingerprint density at radius 1 is 0.293 bits per heavy atom. The van der Waals surface area contributed by atoms with Gasteiger partial charge in [-0.3, -0.25) is 10.6 Å². The molecule has 2 heterocycles. The van der Waals surface area contributed by atoms with E-state index < -0.39 is 0 Å². The molecule has 0 bridgehead atoms. The molecule has 4 N–H and O–H groups in total. The lowest BCUT2D eigenvalue weighted by atomic mass is 9.87. The summed E-state index contributed by atoms with van der Waals surface area (Å²) in [5, 5.41) is 20.9. The fraction of sp³-hybridized carbons (Fsp3) is 0.0741. The lowest BCUT2D eigenvalue weighted by Gasteiger charge is -2.37. The predicted molar refractivity (Wildman–Crippen MR) is 241 cm³/mol. The van der Waals surface area contributed by atoms with Gasteiger partial charge in [0.25, 0.3) is 0 Å². The van der Waals surface area contributed by atoms with Gasteiger partial charge in [0, 0.05) is 11.4 Å². The van der Waals surface area contributed by atoms with E-state index in [0.29, 0.717) is 0 Å². The lowest BCUT2D eigenvalue weighted by Crippen LogP contribution is -2.38. The second kappa shape index (κ2) is 14.5. The molecule has 0 fully saturated rings. The van der Waals surface area contributed by atoms with E-state index in [1.807, 2.05) is 0 Å². The van der Waals surface area contributed by atoms with Crippen LogP contribution in [0.4, 0.5) is 11.4 Å². The van der Waals surface area contributed by atoms with Crippen molar-refractivity contribution in [2.75, 3.05) is 10.6 Å². The van der Waals surface area contributed by atoms with Crippen LogP contribution in [-0.4, -0.2) is 0 Å². The van der Waals surface area contributed by atoms with Crippen LogP contribution in [0.5, 0.6) is 0 Å². The molecule has 0 amide bonds. The molecule has 278 valence electrons. The minimum absolute atomic E-state index is 0.0184. The number of para-hydroxylation sites is 2. The van der Waals surface area contributed by atoms with E-state index >= 15 is 0 Å². The summed E-state index contributed by atoms with van der Waals surface area (Å²) in [7, 11) is 0. The number of hydrogen-bond acceptors (Lipinski definition) is 4. The van der Waals surface area contributed by atoms with Gasteiger partial charge in [0.05, 0.1) is 12.1 Å². The Labute approximate surface area is 339 Å². The van der Waals surface area contributed by atoms with E-state index in [0.717, 1.165) is 11.4 Å². The third kappa shape index (κ3) is 6.02. The summed E-state index contributed by atoms with van der Waals surface area (Å²) in [4.78, 5) is 0. The van der Waals surface area contributed by atoms with E-state index in [9.17, 15) is 0 Å². The van der Waals surface area contributed by atoms with Gasteiger partial charge in [-0.2, -0.15) is 0 Å². The average molecular weight is 747 g/mol.